The highest BCUT2D eigenvalue weighted by atomic mass is 16.2. The molecular formula is C11H15NO. The minimum Gasteiger partial charge on any atom is -0.396 e. The van der Waals surface area contributed by atoms with Crippen molar-refractivity contribution in [2.45, 2.75) is 19.8 Å². The summed E-state index contributed by atoms with van der Waals surface area (Å²) in [6.07, 6.45) is 1.33. The van der Waals surface area contributed by atoms with Gasteiger partial charge in [0.15, 0.2) is 0 Å². The van der Waals surface area contributed by atoms with Crippen LogP contribution in [-0.4, -0.2) is 17.4 Å². The lowest BCUT2D eigenvalue weighted by Gasteiger charge is -2.02. The van der Waals surface area contributed by atoms with Gasteiger partial charge in [0.1, 0.15) is 0 Å². The lowest BCUT2D eigenvalue weighted by Crippen LogP contribution is -2.00. The molecule has 2 N–H and O–H groups in total. The number of nitrogens with one attached hydrogen (secondary N) is 1. The van der Waals surface area contributed by atoms with Crippen molar-refractivity contribution in [3.63, 3.8) is 0 Å². The van der Waals surface area contributed by atoms with Gasteiger partial charge in [-0.1, -0.05) is 29.8 Å². The van der Waals surface area contributed by atoms with E-state index in [1.807, 2.05) is 31.2 Å². The summed E-state index contributed by atoms with van der Waals surface area (Å²) in [5.41, 5.74) is 2.77. The molecule has 2 heteroatoms. The zero-order valence-corrected chi connectivity index (χ0v) is 7.88. The highest BCUT2D eigenvalue weighted by molar-refractivity contribution is 5.98. The average Bonchev–Trinajstić information content (AvgIpc) is 2.15. The van der Waals surface area contributed by atoms with Gasteiger partial charge < -0.3 is 10.5 Å². The van der Waals surface area contributed by atoms with Gasteiger partial charge in [0, 0.05) is 12.3 Å². The molecule has 0 saturated carbocycles. The smallest absolute Gasteiger partial charge is 0.0434 e. The zero-order valence-electron chi connectivity index (χ0n) is 7.88. The quantitative estimate of drug-likeness (QED) is 0.680. The Morgan fingerprint density at radius 3 is 2.46 bits per heavy atom. The van der Waals surface area contributed by atoms with Crippen molar-refractivity contribution in [2.75, 3.05) is 6.61 Å². The topological polar surface area (TPSA) is 44.1 Å². The molecule has 0 atom stereocenters. The first kappa shape index (κ1) is 9.93. The molecule has 0 spiro atoms. The number of hydrogen-bond acceptors (Lipinski definition) is 2. The summed E-state index contributed by atoms with van der Waals surface area (Å²) in [7, 11) is 0. The van der Waals surface area contributed by atoms with E-state index in [1.165, 1.54) is 5.56 Å². The molecular weight excluding hydrogens is 162 g/mol. The molecule has 70 valence electrons. The predicted octanol–water partition coefficient (Wildman–Crippen LogP) is 2.14. The first-order valence-corrected chi connectivity index (χ1v) is 4.49. The summed E-state index contributed by atoms with van der Waals surface area (Å²) < 4.78 is 0. The molecule has 0 saturated heterocycles. The molecule has 0 unspecified atom stereocenters. The summed E-state index contributed by atoms with van der Waals surface area (Å²) in [6.45, 7) is 2.19. The normalized spacial score (nSPS) is 10.0. The highest BCUT2D eigenvalue weighted by Gasteiger charge is 1.99. The van der Waals surface area contributed by atoms with Crippen molar-refractivity contribution in [1.29, 1.82) is 5.41 Å². The first-order chi connectivity index (χ1) is 6.24. The van der Waals surface area contributed by atoms with E-state index in [4.69, 9.17) is 10.5 Å². The van der Waals surface area contributed by atoms with Crippen LogP contribution < -0.4 is 0 Å². The maximum Gasteiger partial charge on any atom is 0.0434 e. The van der Waals surface area contributed by atoms with E-state index in [-0.39, 0.29) is 6.61 Å². The van der Waals surface area contributed by atoms with E-state index in [9.17, 15) is 0 Å². The maximum absolute atomic E-state index is 8.61. The molecule has 0 heterocycles. The van der Waals surface area contributed by atoms with Gasteiger partial charge in [-0.2, -0.15) is 0 Å². The van der Waals surface area contributed by atoms with Crippen LogP contribution in [-0.2, 0) is 0 Å². The van der Waals surface area contributed by atoms with Gasteiger partial charge in [-0.25, -0.2) is 0 Å². The molecule has 0 aliphatic carbocycles. The lowest BCUT2D eigenvalue weighted by molar-refractivity contribution is 0.291. The first-order valence-electron chi connectivity index (χ1n) is 4.49. The number of rotatable bonds is 4. The Morgan fingerprint density at radius 1 is 1.31 bits per heavy atom. The molecule has 2 nitrogen and oxygen atoms in total. The van der Waals surface area contributed by atoms with Crippen molar-refractivity contribution in [1.82, 2.24) is 0 Å². The molecule has 0 radical (unpaired) electrons. The van der Waals surface area contributed by atoms with Gasteiger partial charge in [0.05, 0.1) is 0 Å². The molecule has 13 heavy (non-hydrogen) atoms. The van der Waals surface area contributed by atoms with Crippen LogP contribution in [0, 0.1) is 12.3 Å². The van der Waals surface area contributed by atoms with Crippen LogP contribution in [0.4, 0.5) is 0 Å². The van der Waals surface area contributed by atoms with Gasteiger partial charge in [-0.3, -0.25) is 0 Å². The van der Waals surface area contributed by atoms with Crippen molar-refractivity contribution >= 4 is 5.71 Å². The van der Waals surface area contributed by atoms with Crippen LogP contribution in [0.3, 0.4) is 0 Å². The molecule has 0 bridgehead atoms. The lowest BCUT2D eigenvalue weighted by atomic mass is 10.0. The van der Waals surface area contributed by atoms with E-state index < -0.39 is 0 Å². The highest BCUT2D eigenvalue weighted by Crippen LogP contribution is 2.06. The van der Waals surface area contributed by atoms with E-state index in [1.54, 1.807) is 0 Å². The fourth-order valence-corrected chi connectivity index (χ4v) is 1.15. The molecule has 0 amide bonds. The minimum atomic E-state index is 0.161. The number of aliphatic hydroxyl groups excluding tert-OH is 1. The number of benzene rings is 1. The second kappa shape index (κ2) is 4.77. The Morgan fingerprint density at radius 2 is 1.92 bits per heavy atom. The Bertz CT molecular complexity index is 277. The SMILES string of the molecule is Cc1ccc(C(=N)CCCO)cc1. The van der Waals surface area contributed by atoms with Crippen LogP contribution in [0.25, 0.3) is 0 Å². The van der Waals surface area contributed by atoms with Crippen molar-refractivity contribution in [3.8, 4) is 0 Å². The number of aryl methyl sites for hydroxylation is 1. The van der Waals surface area contributed by atoms with Gasteiger partial charge in [0.2, 0.25) is 0 Å². The van der Waals surface area contributed by atoms with Gasteiger partial charge in [0.25, 0.3) is 0 Å². The fraction of sp³-hybridized carbons (Fsp3) is 0.364. The largest absolute Gasteiger partial charge is 0.396 e. The second-order valence-electron chi connectivity index (χ2n) is 3.17. The zero-order chi connectivity index (χ0) is 9.68. The van der Waals surface area contributed by atoms with Crippen LogP contribution in [0.15, 0.2) is 24.3 Å². The number of hydrogen-bond donors (Lipinski definition) is 2. The van der Waals surface area contributed by atoms with E-state index >= 15 is 0 Å². The van der Waals surface area contributed by atoms with Crippen molar-refractivity contribution in [2.24, 2.45) is 0 Å². The average molecular weight is 177 g/mol. The van der Waals surface area contributed by atoms with Gasteiger partial charge in [-0.15, -0.1) is 0 Å². The Balaban J connectivity index is 2.61. The molecule has 1 rings (SSSR count). The van der Waals surface area contributed by atoms with Crippen molar-refractivity contribution < 1.29 is 5.11 Å². The minimum absolute atomic E-state index is 0.161. The molecule has 1 aromatic rings. The van der Waals surface area contributed by atoms with Crippen molar-refractivity contribution in [3.05, 3.63) is 35.4 Å². The van der Waals surface area contributed by atoms with Crippen LogP contribution >= 0.6 is 0 Å². The summed E-state index contributed by atoms with van der Waals surface area (Å²) in [6, 6.07) is 7.91. The Labute approximate surface area is 78.7 Å². The van der Waals surface area contributed by atoms with Gasteiger partial charge in [-0.05, 0) is 25.3 Å². The summed E-state index contributed by atoms with van der Waals surface area (Å²) in [5, 5.41) is 16.3. The predicted molar refractivity (Wildman–Crippen MR) is 54.3 cm³/mol. The third-order valence-electron chi connectivity index (χ3n) is 1.98. The van der Waals surface area contributed by atoms with E-state index in [0.29, 0.717) is 18.6 Å². The Hall–Kier alpha value is -1.15. The standard InChI is InChI=1S/C11H15NO/c1-9-4-6-10(7-5-9)11(12)3-2-8-13/h4-7,12-13H,2-3,8H2,1H3. The third-order valence-corrected chi connectivity index (χ3v) is 1.98. The summed E-state index contributed by atoms with van der Waals surface area (Å²) in [4.78, 5) is 0. The fourth-order valence-electron chi connectivity index (χ4n) is 1.15. The van der Waals surface area contributed by atoms with Crippen LogP contribution in [0.5, 0.6) is 0 Å². The molecule has 0 fully saturated rings. The third kappa shape index (κ3) is 2.99. The molecule has 0 aliphatic heterocycles. The summed E-state index contributed by atoms with van der Waals surface area (Å²) in [5.74, 6) is 0. The molecule has 0 aromatic heterocycles. The number of aliphatic hydroxyl groups is 1. The Kier molecular flexibility index (Phi) is 3.65. The molecule has 1 aromatic carbocycles. The van der Waals surface area contributed by atoms with E-state index in [2.05, 4.69) is 0 Å². The van der Waals surface area contributed by atoms with E-state index in [0.717, 1.165) is 5.56 Å². The monoisotopic (exact) mass is 177 g/mol. The second-order valence-corrected chi connectivity index (χ2v) is 3.17. The summed E-state index contributed by atoms with van der Waals surface area (Å²) >= 11 is 0. The van der Waals surface area contributed by atoms with Crippen LogP contribution in [0.1, 0.15) is 24.0 Å². The maximum atomic E-state index is 8.61. The molecule has 0 aliphatic rings. The van der Waals surface area contributed by atoms with Gasteiger partial charge >= 0.3 is 0 Å². The van der Waals surface area contributed by atoms with Crippen LogP contribution in [0.2, 0.25) is 0 Å².